The smallest absolute Gasteiger partial charge is 0.317 e. The molecule has 1 atom stereocenters. The number of amides is 2. The number of carboxylic acids is 1. The molecule has 1 aromatic heterocycles. The first kappa shape index (κ1) is 12.3. The molecule has 1 aliphatic rings. The molecule has 0 bridgehead atoms. The van der Waals surface area contributed by atoms with Crippen LogP contribution in [0.5, 0.6) is 0 Å². The van der Waals surface area contributed by atoms with Crippen molar-refractivity contribution in [3.8, 4) is 0 Å². The lowest BCUT2D eigenvalue weighted by atomic mass is 9.99. The van der Waals surface area contributed by atoms with Crippen molar-refractivity contribution in [2.45, 2.75) is 19.4 Å². The van der Waals surface area contributed by atoms with Gasteiger partial charge in [-0.1, -0.05) is 5.16 Å². The van der Waals surface area contributed by atoms with Crippen LogP contribution < -0.4 is 5.32 Å². The molecule has 18 heavy (non-hydrogen) atoms. The summed E-state index contributed by atoms with van der Waals surface area (Å²) < 4.78 is 4.54. The molecule has 0 aliphatic carbocycles. The Balaban J connectivity index is 1.83. The predicted octanol–water partition coefficient (Wildman–Crippen LogP) is 0.0758. The minimum absolute atomic E-state index is 0.170. The Morgan fingerprint density at radius 1 is 1.61 bits per heavy atom. The molecule has 1 aromatic rings. The zero-order valence-corrected chi connectivity index (χ0v) is 9.70. The third kappa shape index (κ3) is 2.96. The van der Waals surface area contributed by atoms with Crippen molar-refractivity contribution in [1.29, 1.82) is 0 Å². The summed E-state index contributed by atoms with van der Waals surface area (Å²) in [7, 11) is 0. The summed E-state index contributed by atoms with van der Waals surface area (Å²) >= 11 is 0. The second-order valence-corrected chi connectivity index (χ2v) is 4.13. The maximum atomic E-state index is 11.8. The lowest BCUT2D eigenvalue weighted by Gasteiger charge is -2.30. The first-order valence-corrected chi connectivity index (χ1v) is 5.67. The zero-order chi connectivity index (χ0) is 13.0. The Bertz CT molecular complexity index is 420. The van der Waals surface area contributed by atoms with Crippen molar-refractivity contribution >= 4 is 12.0 Å². The first-order chi connectivity index (χ1) is 8.66. The van der Waals surface area contributed by atoms with Crippen LogP contribution in [0.25, 0.3) is 0 Å². The van der Waals surface area contributed by atoms with Crippen molar-refractivity contribution in [2.24, 2.45) is 5.92 Å². The SMILES string of the molecule is O=C(O)[C@H]1CCCN(C(=O)NCc2ncon2)C1. The number of hydrogen-bond donors (Lipinski definition) is 2. The number of urea groups is 1. The van der Waals surface area contributed by atoms with Gasteiger partial charge in [0.15, 0.2) is 5.82 Å². The van der Waals surface area contributed by atoms with Crippen LogP contribution in [-0.4, -0.2) is 45.2 Å². The van der Waals surface area contributed by atoms with Crippen LogP contribution in [0.2, 0.25) is 0 Å². The number of piperidine rings is 1. The van der Waals surface area contributed by atoms with E-state index in [2.05, 4.69) is 20.0 Å². The fraction of sp³-hybridized carbons (Fsp3) is 0.600. The topological polar surface area (TPSA) is 109 Å². The standard InChI is InChI=1S/C10H14N4O4/c15-9(16)7-2-1-3-14(5-7)10(17)11-4-8-12-6-18-13-8/h6-7H,1-5H2,(H,11,17)(H,15,16)/t7-/m0/s1. The van der Waals surface area contributed by atoms with Crippen LogP contribution in [0, 0.1) is 5.92 Å². The van der Waals surface area contributed by atoms with E-state index in [9.17, 15) is 9.59 Å². The quantitative estimate of drug-likeness (QED) is 0.790. The fourth-order valence-corrected chi connectivity index (χ4v) is 1.90. The zero-order valence-electron chi connectivity index (χ0n) is 9.70. The minimum atomic E-state index is -0.856. The number of aromatic nitrogens is 2. The summed E-state index contributed by atoms with van der Waals surface area (Å²) in [5, 5.41) is 15.1. The van der Waals surface area contributed by atoms with Gasteiger partial charge in [-0.2, -0.15) is 4.98 Å². The first-order valence-electron chi connectivity index (χ1n) is 5.67. The summed E-state index contributed by atoms with van der Waals surface area (Å²) in [5.41, 5.74) is 0. The summed E-state index contributed by atoms with van der Waals surface area (Å²) in [4.78, 5) is 27.9. The number of aliphatic carboxylic acids is 1. The van der Waals surface area contributed by atoms with Gasteiger partial charge in [-0.25, -0.2) is 4.79 Å². The van der Waals surface area contributed by atoms with Gasteiger partial charge in [-0.05, 0) is 12.8 Å². The minimum Gasteiger partial charge on any atom is -0.481 e. The van der Waals surface area contributed by atoms with E-state index in [1.807, 2.05) is 0 Å². The molecule has 0 aromatic carbocycles. The van der Waals surface area contributed by atoms with Crippen molar-refractivity contribution in [3.05, 3.63) is 12.2 Å². The molecule has 0 unspecified atom stereocenters. The van der Waals surface area contributed by atoms with Crippen LogP contribution in [-0.2, 0) is 11.3 Å². The van der Waals surface area contributed by atoms with Gasteiger partial charge in [0.05, 0.1) is 12.5 Å². The van der Waals surface area contributed by atoms with Crippen LogP contribution in [0.1, 0.15) is 18.7 Å². The molecule has 1 saturated heterocycles. The van der Waals surface area contributed by atoms with E-state index in [1.165, 1.54) is 11.3 Å². The van der Waals surface area contributed by atoms with E-state index in [0.717, 1.165) is 0 Å². The highest BCUT2D eigenvalue weighted by atomic mass is 16.5. The second kappa shape index (κ2) is 5.48. The highest BCUT2D eigenvalue weighted by Gasteiger charge is 2.27. The normalized spacial score (nSPS) is 19.6. The Morgan fingerprint density at radius 3 is 3.11 bits per heavy atom. The molecule has 8 nitrogen and oxygen atoms in total. The van der Waals surface area contributed by atoms with E-state index in [0.29, 0.717) is 25.2 Å². The molecule has 2 heterocycles. The summed E-state index contributed by atoms with van der Waals surface area (Å²) in [5.74, 6) is -0.949. The molecule has 0 spiro atoms. The number of carbonyl (C=O) groups is 2. The Morgan fingerprint density at radius 2 is 2.44 bits per heavy atom. The van der Waals surface area contributed by atoms with E-state index >= 15 is 0 Å². The number of likely N-dealkylation sites (tertiary alicyclic amines) is 1. The van der Waals surface area contributed by atoms with Gasteiger partial charge in [0, 0.05) is 13.1 Å². The van der Waals surface area contributed by atoms with Crippen LogP contribution in [0.15, 0.2) is 10.9 Å². The van der Waals surface area contributed by atoms with Crippen molar-refractivity contribution in [2.75, 3.05) is 13.1 Å². The molecule has 0 radical (unpaired) electrons. The van der Waals surface area contributed by atoms with Crippen molar-refractivity contribution in [1.82, 2.24) is 20.4 Å². The molecular formula is C10H14N4O4. The predicted molar refractivity (Wildman–Crippen MR) is 58.5 cm³/mol. The number of nitrogens with one attached hydrogen (secondary N) is 1. The van der Waals surface area contributed by atoms with Gasteiger partial charge in [-0.3, -0.25) is 4.79 Å². The van der Waals surface area contributed by atoms with Gasteiger partial charge in [-0.15, -0.1) is 0 Å². The maximum Gasteiger partial charge on any atom is 0.317 e. The van der Waals surface area contributed by atoms with Gasteiger partial charge in [0.2, 0.25) is 6.39 Å². The summed E-state index contributed by atoms with van der Waals surface area (Å²) in [6, 6.07) is -0.300. The third-order valence-corrected chi connectivity index (χ3v) is 2.86. The lowest BCUT2D eigenvalue weighted by molar-refractivity contribution is -0.143. The highest BCUT2D eigenvalue weighted by molar-refractivity contribution is 5.76. The van der Waals surface area contributed by atoms with Gasteiger partial charge in [0.1, 0.15) is 0 Å². The fourth-order valence-electron chi connectivity index (χ4n) is 1.90. The number of nitrogens with zero attached hydrogens (tertiary/aromatic N) is 3. The average Bonchev–Trinajstić information content (AvgIpc) is 2.89. The van der Waals surface area contributed by atoms with E-state index < -0.39 is 11.9 Å². The monoisotopic (exact) mass is 254 g/mol. The lowest BCUT2D eigenvalue weighted by Crippen LogP contribution is -2.46. The summed E-state index contributed by atoms with van der Waals surface area (Å²) in [6.07, 6.45) is 2.50. The molecular weight excluding hydrogens is 240 g/mol. The Hall–Kier alpha value is -2.12. The number of carboxylic acid groups (broad SMARTS) is 1. The molecule has 8 heteroatoms. The van der Waals surface area contributed by atoms with Gasteiger partial charge in [0.25, 0.3) is 0 Å². The van der Waals surface area contributed by atoms with Crippen molar-refractivity contribution in [3.63, 3.8) is 0 Å². The van der Waals surface area contributed by atoms with Crippen molar-refractivity contribution < 1.29 is 19.2 Å². The molecule has 0 saturated carbocycles. The molecule has 2 amide bonds. The summed E-state index contributed by atoms with van der Waals surface area (Å²) in [6.45, 7) is 0.985. The number of carbonyl (C=O) groups excluding carboxylic acids is 1. The molecule has 2 rings (SSSR count). The molecule has 1 fully saturated rings. The third-order valence-electron chi connectivity index (χ3n) is 2.86. The highest BCUT2D eigenvalue weighted by Crippen LogP contribution is 2.16. The largest absolute Gasteiger partial charge is 0.481 e. The second-order valence-electron chi connectivity index (χ2n) is 4.13. The van der Waals surface area contributed by atoms with Crippen LogP contribution >= 0.6 is 0 Å². The molecule has 1 aliphatic heterocycles. The van der Waals surface area contributed by atoms with E-state index in [-0.39, 0.29) is 19.1 Å². The van der Waals surface area contributed by atoms with E-state index in [1.54, 1.807) is 0 Å². The molecule has 98 valence electrons. The average molecular weight is 254 g/mol. The van der Waals surface area contributed by atoms with Gasteiger partial charge < -0.3 is 19.8 Å². The Kier molecular flexibility index (Phi) is 3.75. The number of rotatable bonds is 3. The Labute approximate surface area is 103 Å². The van der Waals surface area contributed by atoms with Crippen LogP contribution in [0.3, 0.4) is 0 Å². The van der Waals surface area contributed by atoms with Crippen LogP contribution in [0.4, 0.5) is 4.79 Å². The number of hydrogen-bond acceptors (Lipinski definition) is 5. The van der Waals surface area contributed by atoms with E-state index in [4.69, 9.17) is 5.11 Å². The maximum absolute atomic E-state index is 11.8. The molecule has 2 N–H and O–H groups in total. The van der Waals surface area contributed by atoms with Gasteiger partial charge >= 0.3 is 12.0 Å².